The number of carbonyl (C=O) groups is 2. The van der Waals surface area contributed by atoms with Gasteiger partial charge in [-0.3, -0.25) is 9.59 Å². The standard InChI is InChI=1S/C25H28N2O3S/c1-3-14-26(25(29)21-11-7-12-22(16-21)30-2)19-24(28)27(18-23-13-8-15-31-23)17-20-9-5-4-6-10-20/h4-13,15-16H,3,14,17-19H2,1-2H3. The lowest BCUT2D eigenvalue weighted by Gasteiger charge is -2.27. The lowest BCUT2D eigenvalue weighted by Crippen LogP contribution is -2.42. The molecule has 1 aromatic heterocycles. The summed E-state index contributed by atoms with van der Waals surface area (Å²) >= 11 is 1.63. The van der Waals surface area contributed by atoms with Crippen molar-refractivity contribution in [2.45, 2.75) is 26.4 Å². The first-order valence-electron chi connectivity index (χ1n) is 10.4. The molecular formula is C25H28N2O3S. The third-order valence-electron chi connectivity index (χ3n) is 4.92. The number of carbonyl (C=O) groups excluding carboxylic acids is 2. The van der Waals surface area contributed by atoms with Crippen molar-refractivity contribution in [3.8, 4) is 5.75 Å². The number of hydrogen-bond donors (Lipinski definition) is 0. The van der Waals surface area contributed by atoms with Gasteiger partial charge in [-0.05, 0) is 41.6 Å². The molecule has 0 fully saturated rings. The molecule has 31 heavy (non-hydrogen) atoms. The molecule has 1 heterocycles. The molecule has 0 aliphatic rings. The van der Waals surface area contributed by atoms with Gasteiger partial charge in [0.25, 0.3) is 5.91 Å². The van der Waals surface area contributed by atoms with Crippen LogP contribution in [0.4, 0.5) is 0 Å². The normalized spacial score (nSPS) is 10.5. The van der Waals surface area contributed by atoms with Gasteiger partial charge in [0.05, 0.1) is 13.7 Å². The van der Waals surface area contributed by atoms with Crippen molar-refractivity contribution >= 4 is 23.2 Å². The fourth-order valence-corrected chi connectivity index (χ4v) is 4.07. The zero-order valence-corrected chi connectivity index (χ0v) is 18.8. The van der Waals surface area contributed by atoms with Gasteiger partial charge in [0.2, 0.25) is 5.91 Å². The first-order chi connectivity index (χ1) is 15.1. The maximum atomic E-state index is 13.3. The van der Waals surface area contributed by atoms with E-state index in [0.29, 0.717) is 30.9 Å². The molecular weight excluding hydrogens is 408 g/mol. The highest BCUT2D eigenvalue weighted by Crippen LogP contribution is 2.17. The summed E-state index contributed by atoms with van der Waals surface area (Å²) in [6.07, 6.45) is 0.770. The molecule has 3 aromatic rings. The molecule has 0 aliphatic carbocycles. The zero-order valence-electron chi connectivity index (χ0n) is 18.0. The molecule has 0 atom stereocenters. The number of hydrogen-bond acceptors (Lipinski definition) is 4. The van der Waals surface area contributed by atoms with Crippen LogP contribution in [0.2, 0.25) is 0 Å². The topological polar surface area (TPSA) is 49.9 Å². The van der Waals surface area contributed by atoms with E-state index in [-0.39, 0.29) is 18.4 Å². The molecule has 5 nitrogen and oxygen atoms in total. The van der Waals surface area contributed by atoms with E-state index < -0.39 is 0 Å². The number of ether oxygens (including phenoxy) is 1. The Kier molecular flexibility index (Phi) is 8.24. The molecule has 0 saturated carbocycles. The van der Waals surface area contributed by atoms with E-state index in [1.807, 2.05) is 59.7 Å². The van der Waals surface area contributed by atoms with Crippen LogP contribution in [-0.4, -0.2) is 41.8 Å². The van der Waals surface area contributed by atoms with Crippen molar-refractivity contribution in [2.24, 2.45) is 0 Å². The highest BCUT2D eigenvalue weighted by molar-refractivity contribution is 7.09. The number of amides is 2. The number of thiophene rings is 1. The Bertz CT molecular complexity index is 973. The Morgan fingerprint density at radius 1 is 0.935 bits per heavy atom. The van der Waals surface area contributed by atoms with E-state index >= 15 is 0 Å². The summed E-state index contributed by atoms with van der Waals surface area (Å²) < 4.78 is 5.24. The second-order valence-electron chi connectivity index (χ2n) is 7.27. The summed E-state index contributed by atoms with van der Waals surface area (Å²) in [6, 6.07) is 21.0. The number of benzene rings is 2. The minimum absolute atomic E-state index is 0.0437. The molecule has 3 rings (SSSR count). The summed E-state index contributed by atoms with van der Waals surface area (Å²) in [5, 5.41) is 2.01. The molecule has 0 radical (unpaired) electrons. The van der Waals surface area contributed by atoms with E-state index in [0.717, 1.165) is 16.9 Å². The van der Waals surface area contributed by atoms with Gasteiger partial charge in [-0.15, -0.1) is 11.3 Å². The van der Waals surface area contributed by atoms with Gasteiger partial charge in [-0.2, -0.15) is 0 Å². The van der Waals surface area contributed by atoms with E-state index in [2.05, 4.69) is 0 Å². The fraction of sp³-hybridized carbons (Fsp3) is 0.280. The van der Waals surface area contributed by atoms with E-state index in [1.54, 1.807) is 47.6 Å². The minimum Gasteiger partial charge on any atom is -0.497 e. The molecule has 2 amide bonds. The van der Waals surface area contributed by atoms with E-state index in [9.17, 15) is 9.59 Å². The maximum Gasteiger partial charge on any atom is 0.254 e. The third-order valence-corrected chi connectivity index (χ3v) is 5.78. The zero-order chi connectivity index (χ0) is 22.1. The smallest absolute Gasteiger partial charge is 0.254 e. The quantitative estimate of drug-likeness (QED) is 0.457. The summed E-state index contributed by atoms with van der Waals surface area (Å²) in [5.41, 5.74) is 1.59. The van der Waals surface area contributed by atoms with Crippen molar-refractivity contribution in [3.05, 3.63) is 88.1 Å². The van der Waals surface area contributed by atoms with Gasteiger partial charge >= 0.3 is 0 Å². The molecule has 2 aromatic carbocycles. The van der Waals surface area contributed by atoms with Crippen LogP contribution in [0.5, 0.6) is 5.75 Å². The summed E-state index contributed by atoms with van der Waals surface area (Å²) in [7, 11) is 1.57. The Labute approximate surface area is 187 Å². The Balaban J connectivity index is 1.78. The first-order valence-corrected chi connectivity index (χ1v) is 11.3. The number of nitrogens with zero attached hydrogens (tertiary/aromatic N) is 2. The van der Waals surface area contributed by atoms with E-state index in [4.69, 9.17) is 4.74 Å². The predicted octanol–water partition coefficient (Wildman–Crippen LogP) is 4.84. The van der Waals surface area contributed by atoms with E-state index in [1.165, 1.54) is 0 Å². The SMILES string of the molecule is CCCN(CC(=O)N(Cc1ccccc1)Cc1cccs1)C(=O)c1cccc(OC)c1. The lowest BCUT2D eigenvalue weighted by atomic mass is 10.1. The molecule has 0 aliphatic heterocycles. The van der Waals surface area contributed by atoms with Crippen molar-refractivity contribution in [1.82, 2.24) is 9.80 Å². The fourth-order valence-electron chi connectivity index (χ4n) is 3.35. The third kappa shape index (κ3) is 6.43. The monoisotopic (exact) mass is 436 g/mol. The van der Waals surface area contributed by atoms with Gasteiger partial charge in [-0.1, -0.05) is 49.4 Å². The van der Waals surface area contributed by atoms with Gasteiger partial charge in [0.15, 0.2) is 0 Å². The van der Waals surface area contributed by atoms with Crippen molar-refractivity contribution < 1.29 is 14.3 Å². The second kappa shape index (κ2) is 11.3. The first kappa shape index (κ1) is 22.6. The molecule has 0 spiro atoms. The molecule has 0 bridgehead atoms. The maximum absolute atomic E-state index is 13.3. The highest BCUT2D eigenvalue weighted by atomic mass is 32.1. The number of methoxy groups -OCH3 is 1. The highest BCUT2D eigenvalue weighted by Gasteiger charge is 2.23. The van der Waals surface area contributed by atoms with Crippen LogP contribution in [-0.2, 0) is 17.9 Å². The molecule has 162 valence electrons. The largest absolute Gasteiger partial charge is 0.497 e. The summed E-state index contributed by atoms with van der Waals surface area (Å²) in [5.74, 6) is 0.392. The Morgan fingerprint density at radius 2 is 1.74 bits per heavy atom. The average molecular weight is 437 g/mol. The number of rotatable bonds is 10. The molecule has 0 unspecified atom stereocenters. The summed E-state index contributed by atoms with van der Waals surface area (Å²) in [6.45, 7) is 3.59. The van der Waals surface area contributed by atoms with Crippen LogP contribution in [0.25, 0.3) is 0 Å². The van der Waals surface area contributed by atoms with Crippen LogP contribution in [0.15, 0.2) is 72.1 Å². The lowest BCUT2D eigenvalue weighted by molar-refractivity contribution is -0.133. The van der Waals surface area contributed by atoms with Crippen LogP contribution >= 0.6 is 11.3 Å². The Morgan fingerprint density at radius 3 is 2.42 bits per heavy atom. The molecule has 0 N–H and O–H groups in total. The van der Waals surface area contributed by atoms with Gasteiger partial charge in [0.1, 0.15) is 12.3 Å². The Hall–Kier alpha value is -3.12. The molecule has 0 saturated heterocycles. The predicted molar refractivity (Wildman–Crippen MR) is 124 cm³/mol. The summed E-state index contributed by atoms with van der Waals surface area (Å²) in [4.78, 5) is 31.0. The minimum atomic E-state index is -0.162. The van der Waals surface area contributed by atoms with Crippen molar-refractivity contribution in [2.75, 3.05) is 20.2 Å². The van der Waals surface area contributed by atoms with Gasteiger partial charge in [-0.25, -0.2) is 0 Å². The van der Waals surface area contributed by atoms with Crippen LogP contribution < -0.4 is 4.74 Å². The second-order valence-corrected chi connectivity index (χ2v) is 8.31. The average Bonchev–Trinajstić information content (AvgIpc) is 3.31. The van der Waals surface area contributed by atoms with Gasteiger partial charge < -0.3 is 14.5 Å². The molecule has 6 heteroatoms. The van der Waals surface area contributed by atoms with Gasteiger partial charge in [0, 0.05) is 23.5 Å². The van der Waals surface area contributed by atoms with Crippen molar-refractivity contribution in [3.63, 3.8) is 0 Å². The van der Waals surface area contributed by atoms with Crippen LogP contribution in [0, 0.1) is 0 Å². The van der Waals surface area contributed by atoms with Crippen LogP contribution in [0.3, 0.4) is 0 Å². The van der Waals surface area contributed by atoms with Crippen molar-refractivity contribution in [1.29, 1.82) is 0 Å². The van der Waals surface area contributed by atoms with Crippen LogP contribution in [0.1, 0.15) is 34.1 Å².